The summed E-state index contributed by atoms with van der Waals surface area (Å²) in [5.74, 6) is -0.0630. The summed E-state index contributed by atoms with van der Waals surface area (Å²) in [6, 6.07) is 13.2. The molecular formula is C19H17ClN2O4. The number of ether oxygens (including phenoxy) is 1. The summed E-state index contributed by atoms with van der Waals surface area (Å²) in [7, 11) is 0. The van der Waals surface area contributed by atoms with Crippen molar-refractivity contribution in [1.82, 2.24) is 10.2 Å². The maximum atomic E-state index is 12.4. The van der Waals surface area contributed by atoms with E-state index < -0.39 is 0 Å². The molecular weight excluding hydrogens is 356 g/mol. The molecule has 0 radical (unpaired) electrons. The molecule has 1 N–H and O–H groups in total. The van der Waals surface area contributed by atoms with Gasteiger partial charge in [-0.25, -0.2) is 0 Å². The zero-order valence-electron chi connectivity index (χ0n) is 13.9. The average Bonchev–Trinajstić information content (AvgIpc) is 2.66. The van der Waals surface area contributed by atoms with Gasteiger partial charge in [0.15, 0.2) is 12.4 Å². The first-order valence-corrected chi connectivity index (χ1v) is 8.48. The fraction of sp³-hybridized carbons (Fsp3) is 0.211. The first-order valence-electron chi connectivity index (χ1n) is 8.10. The summed E-state index contributed by atoms with van der Waals surface area (Å²) in [6.45, 7) is 0.822. The Bertz CT molecular complexity index is 818. The maximum Gasteiger partial charge on any atom is 0.261 e. The predicted octanol–water partition coefficient (Wildman–Crippen LogP) is 1.91. The third-order valence-electron chi connectivity index (χ3n) is 3.98. The summed E-state index contributed by atoms with van der Waals surface area (Å²) >= 11 is 5.83. The Kier molecular flexibility index (Phi) is 5.53. The van der Waals surface area contributed by atoms with Crippen LogP contribution in [0.4, 0.5) is 0 Å². The van der Waals surface area contributed by atoms with Gasteiger partial charge >= 0.3 is 0 Å². The molecule has 0 spiro atoms. The lowest BCUT2D eigenvalue weighted by atomic mass is 10.0. The molecule has 0 aliphatic carbocycles. The Morgan fingerprint density at radius 3 is 2.27 bits per heavy atom. The van der Waals surface area contributed by atoms with E-state index in [2.05, 4.69) is 5.32 Å². The second kappa shape index (κ2) is 8.01. The molecule has 6 nitrogen and oxygen atoms in total. The van der Waals surface area contributed by atoms with Gasteiger partial charge in [0.2, 0.25) is 5.91 Å². The van der Waals surface area contributed by atoms with Gasteiger partial charge in [0.05, 0.1) is 6.54 Å². The highest BCUT2D eigenvalue weighted by Gasteiger charge is 2.21. The number of hydrogen-bond acceptors (Lipinski definition) is 4. The molecule has 2 aromatic carbocycles. The van der Waals surface area contributed by atoms with Crippen molar-refractivity contribution in [2.75, 3.05) is 26.2 Å². The number of nitrogens with zero attached hydrogens (tertiary/aromatic N) is 1. The van der Waals surface area contributed by atoms with Crippen molar-refractivity contribution in [1.29, 1.82) is 0 Å². The highest BCUT2D eigenvalue weighted by atomic mass is 35.5. The first kappa shape index (κ1) is 17.9. The smallest absolute Gasteiger partial charge is 0.261 e. The molecule has 0 aromatic heterocycles. The molecule has 2 amide bonds. The van der Waals surface area contributed by atoms with E-state index in [1.165, 1.54) is 4.90 Å². The van der Waals surface area contributed by atoms with Gasteiger partial charge in [-0.15, -0.1) is 0 Å². The van der Waals surface area contributed by atoms with Crippen LogP contribution < -0.4 is 10.1 Å². The van der Waals surface area contributed by atoms with E-state index in [9.17, 15) is 14.4 Å². The molecule has 2 aromatic rings. The van der Waals surface area contributed by atoms with Crippen LogP contribution in [0.25, 0.3) is 0 Å². The van der Waals surface area contributed by atoms with Gasteiger partial charge in [-0.3, -0.25) is 14.4 Å². The summed E-state index contributed by atoms with van der Waals surface area (Å²) in [5, 5.41) is 3.23. The van der Waals surface area contributed by atoms with Crippen LogP contribution in [0.3, 0.4) is 0 Å². The van der Waals surface area contributed by atoms with Gasteiger partial charge in [-0.2, -0.15) is 0 Å². The van der Waals surface area contributed by atoms with Crippen LogP contribution in [0, 0.1) is 0 Å². The number of piperazine rings is 1. The Labute approximate surface area is 155 Å². The number of rotatable bonds is 5. The summed E-state index contributed by atoms with van der Waals surface area (Å²) in [5.41, 5.74) is 1.06. The zero-order chi connectivity index (χ0) is 18.5. The van der Waals surface area contributed by atoms with Crippen LogP contribution in [0.2, 0.25) is 5.02 Å². The Balaban J connectivity index is 1.57. The van der Waals surface area contributed by atoms with Crippen LogP contribution in [-0.2, 0) is 9.59 Å². The Morgan fingerprint density at radius 1 is 1.04 bits per heavy atom. The van der Waals surface area contributed by atoms with Gasteiger partial charge in [-0.1, -0.05) is 11.6 Å². The molecule has 1 aliphatic heterocycles. The third kappa shape index (κ3) is 4.40. The zero-order valence-corrected chi connectivity index (χ0v) is 14.7. The molecule has 1 fully saturated rings. The van der Waals surface area contributed by atoms with Crippen molar-refractivity contribution in [3.8, 4) is 5.75 Å². The molecule has 7 heteroatoms. The van der Waals surface area contributed by atoms with Gasteiger partial charge in [0.25, 0.3) is 5.91 Å². The van der Waals surface area contributed by atoms with Crippen molar-refractivity contribution in [2.24, 2.45) is 0 Å². The number of benzene rings is 2. The molecule has 1 heterocycles. The molecule has 0 unspecified atom stereocenters. The summed E-state index contributed by atoms with van der Waals surface area (Å²) in [4.78, 5) is 37.2. The van der Waals surface area contributed by atoms with Crippen molar-refractivity contribution >= 4 is 29.2 Å². The fourth-order valence-corrected chi connectivity index (χ4v) is 2.68. The summed E-state index contributed by atoms with van der Waals surface area (Å²) < 4.78 is 5.46. The normalized spacial score (nSPS) is 13.9. The van der Waals surface area contributed by atoms with Crippen LogP contribution >= 0.6 is 11.6 Å². The van der Waals surface area contributed by atoms with Crippen molar-refractivity contribution in [3.05, 3.63) is 64.7 Å². The standard InChI is InChI=1S/C19H17ClN2O4/c20-15-5-1-13(2-6-15)19(25)14-3-7-16(8-4-14)26-12-18(24)22-10-9-21-17(23)11-22/h1-8H,9-12H2,(H,21,23). The van der Waals surface area contributed by atoms with E-state index in [-0.39, 0.29) is 30.7 Å². The van der Waals surface area contributed by atoms with Crippen molar-refractivity contribution in [2.45, 2.75) is 0 Å². The number of amides is 2. The Hall–Kier alpha value is -2.86. The maximum absolute atomic E-state index is 12.4. The molecule has 1 aliphatic rings. The molecule has 0 bridgehead atoms. The second-order valence-electron chi connectivity index (χ2n) is 5.81. The molecule has 134 valence electrons. The molecule has 1 saturated heterocycles. The lowest BCUT2D eigenvalue weighted by Crippen LogP contribution is -2.51. The SMILES string of the molecule is O=C1CN(C(=O)COc2ccc(C(=O)c3ccc(Cl)cc3)cc2)CCN1. The van der Waals surface area contributed by atoms with Crippen molar-refractivity contribution < 1.29 is 19.1 Å². The first-order chi connectivity index (χ1) is 12.5. The number of halogens is 1. The number of nitrogens with one attached hydrogen (secondary N) is 1. The predicted molar refractivity (Wildman–Crippen MR) is 96.4 cm³/mol. The molecule has 0 saturated carbocycles. The second-order valence-corrected chi connectivity index (χ2v) is 6.25. The largest absolute Gasteiger partial charge is 0.484 e. The van der Waals surface area contributed by atoms with Gasteiger partial charge in [0, 0.05) is 29.2 Å². The van der Waals surface area contributed by atoms with Crippen LogP contribution in [0.15, 0.2) is 48.5 Å². The number of carbonyl (C=O) groups excluding carboxylic acids is 3. The monoisotopic (exact) mass is 372 g/mol. The average molecular weight is 373 g/mol. The highest BCUT2D eigenvalue weighted by Crippen LogP contribution is 2.17. The molecule has 3 rings (SSSR count). The minimum absolute atomic E-state index is 0.0523. The third-order valence-corrected chi connectivity index (χ3v) is 4.23. The van der Waals surface area contributed by atoms with Gasteiger partial charge < -0.3 is 15.0 Å². The van der Waals surface area contributed by atoms with Gasteiger partial charge in [0.1, 0.15) is 5.75 Å². The molecule has 0 atom stereocenters. The van der Waals surface area contributed by atoms with Crippen LogP contribution in [-0.4, -0.2) is 48.7 Å². The van der Waals surface area contributed by atoms with E-state index in [1.807, 2.05) is 0 Å². The number of ketones is 1. The van der Waals surface area contributed by atoms with Crippen molar-refractivity contribution in [3.63, 3.8) is 0 Å². The van der Waals surface area contributed by atoms with Crippen LogP contribution in [0.1, 0.15) is 15.9 Å². The number of hydrogen-bond donors (Lipinski definition) is 1. The minimum atomic E-state index is -0.249. The van der Waals surface area contributed by atoms with Crippen LogP contribution in [0.5, 0.6) is 5.75 Å². The topological polar surface area (TPSA) is 75.7 Å². The lowest BCUT2D eigenvalue weighted by Gasteiger charge is -2.26. The molecule has 26 heavy (non-hydrogen) atoms. The van der Waals surface area contributed by atoms with E-state index >= 15 is 0 Å². The minimum Gasteiger partial charge on any atom is -0.484 e. The lowest BCUT2D eigenvalue weighted by molar-refractivity contribution is -0.139. The van der Waals surface area contributed by atoms with E-state index in [0.717, 1.165) is 0 Å². The quantitative estimate of drug-likeness (QED) is 0.813. The van der Waals surface area contributed by atoms with E-state index in [4.69, 9.17) is 16.3 Å². The summed E-state index contributed by atoms with van der Waals surface area (Å²) in [6.07, 6.45) is 0. The van der Waals surface area contributed by atoms with Gasteiger partial charge in [-0.05, 0) is 48.5 Å². The number of carbonyl (C=O) groups is 3. The highest BCUT2D eigenvalue weighted by molar-refractivity contribution is 6.30. The van der Waals surface area contributed by atoms with E-state index in [1.54, 1.807) is 48.5 Å². The van der Waals surface area contributed by atoms with E-state index in [0.29, 0.717) is 35.0 Å². The Morgan fingerprint density at radius 2 is 1.65 bits per heavy atom. The fourth-order valence-electron chi connectivity index (χ4n) is 2.56.